The van der Waals surface area contributed by atoms with Crippen molar-refractivity contribution in [3.8, 4) is 0 Å². The fourth-order valence-electron chi connectivity index (χ4n) is 3.22. The number of halogens is 2. The Morgan fingerprint density at radius 1 is 1.16 bits per heavy atom. The van der Waals surface area contributed by atoms with Crippen molar-refractivity contribution in [1.29, 1.82) is 0 Å². The summed E-state index contributed by atoms with van der Waals surface area (Å²) in [5.74, 6) is -0.984. The van der Waals surface area contributed by atoms with E-state index in [1.807, 2.05) is 24.3 Å². The van der Waals surface area contributed by atoms with Crippen LogP contribution in [0.2, 0.25) is 0 Å². The van der Waals surface area contributed by atoms with Gasteiger partial charge in [0.1, 0.15) is 17.7 Å². The van der Waals surface area contributed by atoms with E-state index >= 15 is 0 Å². The molecule has 0 aliphatic rings. The lowest BCUT2D eigenvalue weighted by Crippen LogP contribution is -2.47. The van der Waals surface area contributed by atoms with Gasteiger partial charge in [-0.1, -0.05) is 46.3 Å². The molecule has 0 saturated heterocycles. The number of hydrogen-bond acceptors (Lipinski definition) is 4. The number of nitrogens with one attached hydrogen (secondary N) is 1. The number of hydrogen-bond donors (Lipinski definition) is 2. The lowest BCUT2D eigenvalue weighted by Gasteiger charge is -2.28. The van der Waals surface area contributed by atoms with Crippen LogP contribution < -0.4 is 5.32 Å². The average Bonchev–Trinajstić information content (AvgIpc) is 2.68. The van der Waals surface area contributed by atoms with Crippen molar-refractivity contribution in [1.82, 2.24) is 5.32 Å². The molecule has 0 spiro atoms. The standard InChI is InChI=1S/C24H29BrFNO4/c1-24(2,3)31-23(30)27-21(13-16-8-10-19(25)11-9-16)22(29)14-17(15-28)12-18-6-4-5-7-20(18)26/h4-11,15,17,21-22,29H,12-14H2,1-3H3,(H,27,30)/t17-,21+,22+/m1/s1. The van der Waals surface area contributed by atoms with Crippen molar-refractivity contribution in [2.45, 2.75) is 57.8 Å². The van der Waals surface area contributed by atoms with Gasteiger partial charge in [-0.2, -0.15) is 0 Å². The molecule has 3 atom stereocenters. The lowest BCUT2D eigenvalue weighted by atomic mass is 9.90. The number of rotatable bonds is 9. The van der Waals surface area contributed by atoms with Gasteiger partial charge in [-0.25, -0.2) is 9.18 Å². The largest absolute Gasteiger partial charge is 0.444 e. The minimum atomic E-state index is -1.03. The van der Waals surface area contributed by atoms with Crippen LogP contribution in [0, 0.1) is 11.7 Å². The molecule has 7 heteroatoms. The van der Waals surface area contributed by atoms with Crippen LogP contribution in [0.25, 0.3) is 0 Å². The molecular formula is C24H29BrFNO4. The van der Waals surface area contributed by atoms with Crippen molar-refractivity contribution in [3.05, 3.63) is 69.9 Å². The third kappa shape index (κ3) is 8.79. The highest BCUT2D eigenvalue weighted by Crippen LogP contribution is 2.20. The molecule has 0 aliphatic heterocycles. The highest BCUT2D eigenvalue weighted by atomic mass is 79.9. The van der Waals surface area contributed by atoms with Crippen LogP contribution in [0.3, 0.4) is 0 Å². The van der Waals surface area contributed by atoms with Crippen molar-refractivity contribution in [2.75, 3.05) is 0 Å². The molecule has 0 aromatic heterocycles. The maximum absolute atomic E-state index is 14.0. The summed E-state index contributed by atoms with van der Waals surface area (Å²) >= 11 is 3.38. The predicted molar refractivity (Wildman–Crippen MR) is 121 cm³/mol. The number of benzene rings is 2. The average molecular weight is 494 g/mol. The first kappa shape index (κ1) is 25.0. The van der Waals surface area contributed by atoms with Crippen LogP contribution in [-0.2, 0) is 22.4 Å². The molecule has 0 aliphatic carbocycles. The van der Waals surface area contributed by atoms with Crippen LogP contribution in [0.4, 0.5) is 9.18 Å². The molecule has 2 rings (SSSR count). The molecular weight excluding hydrogens is 465 g/mol. The molecule has 2 aromatic carbocycles. The second-order valence-electron chi connectivity index (χ2n) is 8.58. The third-order valence-corrected chi connectivity index (χ3v) is 5.24. The molecule has 31 heavy (non-hydrogen) atoms. The number of alkyl carbamates (subject to hydrolysis) is 1. The Balaban J connectivity index is 2.13. The number of ether oxygens (including phenoxy) is 1. The minimum Gasteiger partial charge on any atom is -0.444 e. The van der Waals surface area contributed by atoms with Crippen LogP contribution in [0.15, 0.2) is 53.0 Å². The first-order valence-electron chi connectivity index (χ1n) is 10.2. The van der Waals surface area contributed by atoms with E-state index in [2.05, 4.69) is 21.2 Å². The lowest BCUT2D eigenvalue weighted by molar-refractivity contribution is -0.112. The summed E-state index contributed by atoms with van der Waals surface area (Å²) < 4.78 is 20.2. The molecule has 5 nitrogen and oxygen atoms in total. The summed E-state index contributed by atoms with van der Waals surface area (Å²) in [6.45, 7) is 5.26. The Morgan fingerprint density at radius 3 is 2.39 bits per heavy atom. The zero-order valence-corrected chi connectivity index (χ0v) is 19.6. The molecule has 0 radical (unpaired) electrons. The van der Waals surface area contributed by atoms with Gasteiger partial charge in [0.15, 0.2) is 0 Å². The van der Waals surface area contributed by atoms with E-state index < -0.39 is 29.8 Å². The van der Waals surface area contributed by atoms with E-state index in [0.717, 1.165) is 16.3 Å². The van der Waals surface area contributed by atoms with Gasteiger partial charge < -0.3 is 20.0 Å². The van der Waals surface area contributed by atoms with E-state index in [-0.39, 0.29) is 18.7 Å². The smallest absolute Gasteiger partial charge is 0.407 e. The molecule has 1 amide bonds. The quantitative estimate of drug-likeness (QED) is 0.490. The van der Waals surface area contributed by atoms with Crippen molar-refractivity contribution in [3.63, 3.8) is 0 Å². The predicted octanol–water partition coefficient (Wildman–Crippen LogP) is 4.83. The van der Waals surface area contributed by atoms with Crippen LogP contribution in [-0.4, -0.2) is 35.2 Å². The Bertz CT molecular complexity index is 867. The number of aliphatic hydroxyl groups excluding tert-OH is 1. The number of carbonyl (C=O) groups excluding carboxylic acids is 2. The summed E-state index contributed by atoms with van der Waals surface area (Å²) in [7, 11) is 0. The number of carbonyl (C=O) groups is 2. The van der Waals surface area contributed by atoms with Gasteiger partial charge in [0.2, 0.25) is 0 Å². The molecule has 0 heterocycles. The zero-order valence-electron chi connectivity index (χ0n) is 18.0. The number of amides is 1. The highest BCUT2D eigenvalue weighted by Gasteiger charge is 2.27. The first-order valence-corrected chi connectivity index (χ1v) is 11.0. The van der Waals surface area contributed by atoms with Gasteiger partial charge >= 0.3 is 6.09 Å². The fraction of sp³-hybridized carbons (Fsp3) is 0.417. The van der Waals surface area contributed by atoms with E-state index in [4.69, 9.17) is 4.74 Å². The van der Waals surface area contributed by atoms with E-state index in [9.17, 15) is 19.1 Å². The van der Waals surface area contributed by atoms with Crippen LogP contribution >= 0.6 is 15.9 Å². The summed E-state index contributed by atoms with van der Waals surface area (Å²) in [4.78, 5) is 24.0. The van der Waals surface area contributed by atoms with Gasteiger partial charge in [-0.15, -0.1) is 0 Å². The summed E-state index contributed by atoms with van der Waals surface area (Å²) in [6.07, 6.45) is -0.360. The van der Waals surface area contributed by atoms with Crippen molar-refractivity contribution >= 4 is 28.3 Å². The Hall–Kier alpha value is -2.25. The third-order valence-electron chi connectivity index (χ3n) is 4.71. The summed E-state index contributed by atoms with van der Waals surface area (Å²) in [5, 5.41) is 13.6. The molecule has 2 N–H and O–H groups in total. The second-order valence-corrected chi connectivity index (χ2v) is 9.49. The molecule has 0 saturated carbocycles. The molecule has 2 aromatic rings. The molecule has 0 fully saturated rings. The van der Waals surface area contributed by atoms with E-state index in [1.165, 1.54) is 6.07 Å². The van der Waals surface area contributed by atoms with E-state index in [0.29, 0.717) is 12.0 Å². The monoisotopic (exact) mass is 493 g/mol. The van der Waals surface area contributed by atoms with Crippen LogP contribution in [0.5, 0.6) is 0 Å². The minimum absolute atomic E-state index is 0.0782. The first-order chi connectivity index (χ1) is 14.6. The zero-order chi connectivity index (χ0) is 23.0. The van der Waals surface area contributed by atoms with Gasteiger partial charge in [0.25, 0.3) is 0 Å². The topological polar surface area (TPSA) is 75.6 Å². The summed E-state index contributed by atoms with van der Waals surface area (Å²) in [5.41, 5.74) is 0.629. The van der Waals surface area contributed by atoms with Crippen LogP contribution in [0.1, 0.15) is 38.3 Å². The SMILES string of the molecule is CC(C)(C)OC(=O)N[C@@H](Cc1ccc(Br)cc1)[C@@H](O)C[C@H](C=O)Cc1ccccc1F. The maximum Gasteiger partial charge on any atom is 0.407 e. The van der Waals surface area contributed by atoms with Crippen molar-refractivity contribution in [2.24, 2.45) is 5.92 Å². The normalized spacial score (nSPS) is 14.4. The number of aldehydes is 1. The van der Waals surface area contributed by atoms with Gasteiger partial charge in [-0.05, 0) is 69.4 Å². The van der Waals surface area contributed by atoms with E-state index in [1.54, 1.807) is 39.0 Å². The highest BCUT2D eigenvalue weighted by molar-refractivity contribution is 9.10. The fourth-order valence-corrected chi connectivity index (χ4v) is 3.49. The van der Waals surface area contributed by atoms with Gasteiger partial charge in [-0.3, -0.25) is 0 Å². The number of aliphatic hydroxyl groups is 1. The Labute approximate surface area is 191 Å². The maximum atomic E-state index is 14.0. The molecule has 0 unspecified atom stereocenters. The Kier molecular flexibility index (Phi) is 9.19. The van der Waals surface area contributed by atoms with Gasteiger partial charge in [0, 0.05) is 10.4 Å². The molecule has 0 bridgehead atoms. The summed E-state index contributed by atoms with van der Waals surface area (Å²) in [6, 6.07) is 13.1. The molecule has 168 valence electrons. The second kappa shape index (κ2) is 11.4. The Morgan fingerprint density at radius 2 is 1.81 bits per heavy atom. The van der Waals surface area contributed by atoms with Gasteiger partial charge in [0.05, 0.1) is 12.1 Å². The van der Waals surface area contributed by atoms with Crippen molar-refractivity contribution < 1.29 is 23.8 Å².